The topological polar surface area (TPSA) is 37.0 Å². The number of hydrogen-bond donors (Lipinski definition) is 2. The summed E-state index contributed by atoms with van der Waals surface area (Å²) < 4.78 is 0. The van der Waals surface area contributed by atoms with Crippen LogP contribution in [0.3, 0.4) is 0 Å². The second-order valence-corrected chi connectivity index (χ2v) is 2.72. The molecule has 3 nitrogen and oxygen atoms in total. The molecule has 1 rings (SSSR count). The van der Waals surface area contributed by atoms with E-state index in [-0.39, 0.29) is 0 Å². The molecule has 0 aliphatic rings. The van der Waals surface area contributed by atoms with E-state index in [9.17, 15) is 0 Å². The average molecular weight is 195 g/mol. The molecule has 0 aliphatic carbocycles. The Morgan fingerprint density at radius 1 is 1.21 bits per heavy atom. The molecule has 0 spiro atoms. The van der Waals surface area contributed by atoms with Gasteiger partial charge in [0.25, 0.3) is 0 Å². The van der Waals surface area contributed by atoms with Gasteiger partial charge in [0.1, 0.15) is 0 Å². The van der Waals surface area contributed by atoms with Crippen LogP contribution in [-0.2, 0) is 0 Å². The van der Waals surface area contributed by atoms with E-state index in [1.54, 1.807) is 0 Å². The highest BCUT2D eigenvalue weighted by Gasteiger charge is 1.89. The maximum absolute atomic E-state index is 4.17. The second kappa shape index (κ2) is 8.51. The van der Waals surface area contributed by atoms with Crippen LogP contribution in [0.25, 0.3) is 0 Å². The fourth-order valence-corrected chi connectivity index (χ4v) is 0.904. The van der Waals surface area contributed by atoms with Gasteiger partial charge in [-0.2, -0.15) is 0 Å². The molecule has 0 amide bonds. The monoisotopic (exact) mass is 195 g/mol. The highest BCUT2D eigenvalue weighted by atomic mass is 14.9. The van der Waals surface area contributed by atoms with Crippen LogP contribution in [0.1, 0.15) is 19.5 Å². The minimum atomic E-state index is 0.932. The zero-order valence-electron chi connectivity index (χ0n) is 9.59. The standard InChI is InChI=1S/C9H15N3.C2H6/c1-8-3-4-9(7-12-8)11-6-5-10-2;1-2/h3-4,7,10-11H,5-6H2,1-2H3;1-2H3. The molecule has 0 saturated heterocycles. The van der Waals surface area contributed by atoms with Gasteiger partial charge in [-0.25, -0.2) is 0 Å². The summed E-state index contributed by atoms with van der Waals surface area (Å²) in [4.78, 5) is 4.17. The van der Waals surface area contributed by atoms with E-state index in [0.29, 0.717) is 0 Å². The number of nitrogens with zero attached hydrogens (tertiary/aromatic N) is 1. The Hall–Kier alpha value is -1.09. The molecule has 0 saturated carbocycles. The van der Waals surface area contributed by atoms with Crippen LogP contribution in [0.2, 0.25) is 0 Å². The molecule has 0 radical (unpaired) electrons. The number of likely N-dealkylation sites (N-methyl/N-ethyl adjacent to an activating group) is 1. The van der Waals surface area contributed by atoms with Crippen molar-refractivity contribution in [1.82, 2.24) is 10.3 Å². The smallest absolute Gasteiger partial charge is 0.0527 e. The molecule has 0 atom stereocenters. The fourth-order valence-electron chi connectivity index (χ4n) is 0.904. The third-order valence-electron chi connectivity index (χ3n) is 1.62. The molecule has 1 heterocycles. The first-order valence-electron chi connectivity index (χ1n) is 5.14. The van der Waals surface area contributed by atoms with Gasteiger partial charge < -0.3 is 10.6 Å². The van der Waals surface area contributed by atoms with Crippen molar-refractivity contribution in [3.8, 4) is 0 Å². The Labute approximate surface area is 86.9 Å². The van der Waals surface area contributed by atoms with Crippen LogP contribution < -0.4 is 10.6 Å². The highest BCUT2D eigenvalue weighted by Crippen LogP contribution is 2.03. The van der Waals surface area contributed by atoms with Gasteiger partial charge in [-0.15, -0.1) is 0 Å². The van der Waals surface area contributed by atoms with Crippen molar-refractivity contribution in [2.45, 2.75) is 20.8 Å². The van der Waals surface area contributed by atoms with Crippen LogP contribution >= 0.6 is 0 Å². The highest BCUT2D eigenvalue weighted by molar-refractivity contribution is 5.40. The lowest BCUT2D eigenvalue weighted by Crippen LogP contribution is -2.17. The lowest BCUT2D eigenvalue weighted by Gasteiger charge is -2.04. The zero-order chi connectivity index (χ0) is 10.8. The molecule has 80 valence electrons. The van der Waals surface area contributed by atoms with Crippen molar-refractivity contribution >= 4 is 5.69 Å². The first-order valence-corrected chi connectivity index (χ1v) is 5.14. The Morgan fingerprint density at radius 3 is 2.43 bits per heavy atom. The predicted octanol–water partition coefficient (Wildman–Crippen LogP) is 2.05. The molecule has 0 unspecified atom stereocenters. The van der Waals surface area contributed by atoms with Crippen molar-refractivity contribution in [3.63, 3.8) is 0 Å². The Balaban J connectivity index is 0.000000791. The van der Waals surface area contributed by atoms with Gasteiger partial charge in [0.05, 0.1) is 11.9 Å². The van der Waals surface area contributed by atoms with E-state index in [1.807, 2.05) is 46.1 Å². The van der Waals surface area contributed by atoms with E-state index >= 15 is 0 Å². The van der Waals surface area contributed by atoms with E-state index in [2.05, 4.69) is 15.6 Å². The van der Waals surface area contributed by atoms with Crippen molar-refractivity contribution in [3.05, 3.63) is 24.0 Å². The molecule has 2 N–H and O–H groups in total. The quantitative estimate of drug-likeness (QED) is 0.722. The van der Waals surface area contributed by atoms with Crippen molar-refractivity contribution in [1.29, 1.82) is 0 Å². The number of anilines is 1. The summed E-state index contributed by atoms with van der Waals surface area (Å²) in [5.74, 6) is 0. The normalized spacial score (nSPS) is 8.86. The van der Waals surface area contributed by atoms with Crippen LogP contribution in [0.5, 0.6) is 0 Å². The summed E-state index contributed by atoms with van der Waals surface area (Å²) in [5, 5.41) is 6.31. The van der Waals surface area contributed by atoms with E-state index in [4.69, 9.17) is 0 Å². The number of pyridine rings is 1. The third-order valence-corrected chi connectivity index (χ3v) is 1.62. The zero-order valence-corrected chi connectivity index (χ0v) is 9.59. The lowest BCUT2D eigenvalue weighted by molar-refractivity contribution is 0.823. The van der Waals surface area contributed by atoms with E-state index in [0.717, 1.165) is 24.5 Å². The van der Waals surface area contributed by atoms with Crippen molar-refractivity contribution < 1.29 is 0 Å². The Bertz CT molecular complexity index is 218. The van der Waals surface area contributed by atoms with Gasteiger partial charge in [-0.1, -0.05) is 13.8 Å². The molecule has 0 bridgehead atoms. The number of rotatable bonds is 4. The number of nitrogens with one attached hydrogen (secondary N) is 2. The maximum atomic E-state index is 4.17. The average Bonchev–Trinajstić information content (AvgIpc) is 2.24. The van der Waals surface area contributed by atoms with Gasteiger partial charge in [-0.05, 0) is 26.1 Å². The van der Waals surface area contributed by atoms with Crippen LogP contribution in [0.4, 0.5) is 5.69 Å². The summed E-state index contributed by atoms with van der Waals surface area (Å²) in [6.07, 6.45) is 1.85. The fraction of sp³-hybridized carbons (Fsp3) is 0.545. The molecular formula is C11H21N3. The van der Waals surface area contributed by atoms with Crippen LogP contribution in [-0.4, -0.2) is 25.1 Å². The molecule has 3 heteroatoms. The summed E-state index contributed by atoms with van der Waals surface area (Å²) in [6.45, 7) is 7.88. The van der Waals surface area contributed by atoms with Crippen molar-refractivity contribution in [2.75, 3.05) is 25.5 Å². The van der Waals surface area contributed by atoms with Gasteiger partial charge in [0, 0.05) is 18.8 Å². The van der Waals surface area contributed by atoms with Gasteiger partial charge >= 0.3 is 0 Å². The summed E-state index contributed by atoms with van der Waals surface area (Å²) >= 11 is 0. The minimum Gasteiger partial charge on any atom is -0.383 e. The molecular weight excluding hydrogens is 174 g/mol. The van der Waals surface area contributed by atoms with Crippen LogP contribution in [0.15, 0.2) is 18.3 Å². The largest absolute Gasteiger partial charge is 0.383 e. The van der Waals surface area contributed by atoms with Crippen molar-refractivity contribution in [2.24, 2.45) is 0 Å². The molecule has 1 aromatic rings. The van der Waals surface area contributed by atoms with Gasteiger partial charge in [0.2, 0.25) is 0 Å². The SMILES string of the molecule is CC.CNCCNc1ccc(C)nc1. The Kier molecular flexibility index (Phi) is 7.84. The lowest BCUT2D eigenvalue weighted by atomic mass is 10.3. The second-order valence-electron chi connectivity index (χ2n) is 2.72. The summed E-state index contributed by atoms with van der Waals surface area (Å²) in [6, 6.07) is 4.04. The minimum absolute atomic E-state index is 0.932. The summed E-state index contributed by atoms with van der Waals surface area (Å²) in [5.41, 5.74) is 2.13. The molecule has 1 aromatic heterocycles. The number of aromatic nitrogens is 1. The van der Waals surface area contributed by atoms with E-state index < -0.39 is 0 Å². The van der Waals surface area contributed by atoms with Gasteiger partial charge in [-0.3, -0.25) is 4.98 Å². The molecule has 0 aromatic carbocycles. The first-order chi connectivity index (χ1) is 6.83. The molecule has 14 heavy (non-hydrogen) atoms. The third kappa shape index (κ3) is 5.54. The Morgan fingerprint density at radius 2 is 1.93 bits per heavy atom. The molecule has 0 aliphatic heterocycles. The predicted molar refractivity (Wildman–Crippen MR) is 62.7 cm³/mol. The molecule has 0 fully saturated rings. The first kappa shape index (κ1) is 12.9. The summed E-state index contributed by atoms with van der Waals surface area (Å²) in [7, 11) is 1.94. The van der Waals surface area contributed by atoms with Crippen LogP contribution in [0, 0.1) is 6.92 Å². The number of hydrogen-bond acceptors (Lipinski definition) is 3. The van der Waals surface area contributed by atoms with E-state index in [1.165, 1.54) is 0 Å². The van der Waals surface area contributed by atoms with Gasteiger partial charge in [0.15, 0.2) is 0 Å². The maximum Gasteiger partial charge on any atom is 0.0527 e. The number of aryl methyl sites for hydroxylation is 1.